The Bertz CT molecular complexity index is 1250. The van der Waals surface area contributed by atoms with Crippen molar-refractivity contribution >= 4 is 5.91 Å². The molecule has 2 rings (SSSR count). The number of carbonyl (C=O) groups is 1. The van der Waals surface area contributed by atoms with Gasteiger partial charge >= 0.3 is 0 Å². The van der Waals surface area contributed by atoms with Crippen molar-refractivity contribution in [2.45, 2.75) is 132 Å². The molecule has 50 heavy (non-hydrogen) atoms. The van der Waals surface area contributed by atoms with Crippen LogP contribution in [0.5, 0.6) is 11.5 Å². The molecule has 4 atom stereocenters. The Morgan fingerprint density at radius 2 is 1.60 bits per heavy atom. The van der Waals surface area contributed by atoms with Gasteiger partial charge in [0.1, 0.15) is 0 Å². The molecule has 1 aromatic heterocycles. The van der Waals surface area contributed by atoms with E-state index < -0.39 is 0 Å². The van der Waals surface area contributed by atoms with Crippen LogP contribution < -0.4 is 26.3 Å². The second-order valence-corrected chi connectivity index (χ2v) is 16.2. The van der Waals surface area contributed by atoms with E-state index in [-0.39, 0.29) is 35.2 Å². The van der Waals surface area contributed by atoms with Gasteiger partial charge in [0.05, 0.1) is 19.4 Å². The zero-order valence-corrected chi connectivity index (χ0v) is 33.4. The standard InChI is InChI=1S/C39H71N7O4/c1-26(2)31(18-30-14-15-36(49-12)37(19-30)50-17-13-16-48-11)20-34(40)35(41)21-33(27(3)4)38(47)42-24-39(9,10)25-45-22-32(43-44-45)23-46(28(5)6)29(7)8/h14-15,19,22,26-29,31,33-35H,13,16-18,20-21,23-25,40-41H2,1-12H3,(H,42,47)/t31-,33-,34-,35-/m0/s1. The van der Waals surface area contributed by atoms with Crippen LogP contribution >= 0.6 is 0 Å². The maximum Gasteiger partial charge on any atom is 0.223 e. The molecule has 0 aliphatic carbocycles. The largest absolute Gasteiger partial charge is 0.493 e. The summed E-state index contributed by atoms with van der Waals surface area (Å²) in [6.45, 7) is 24.8. The smallest absolute Gasteiger partial charge is 0.223 e. The van der Waals surface area contributed by atoms with Crippen LogP contribution in [0.3, 0.4) is 0 Å². The summed E-state index contributed by atoms with van der Waals surface area (Å²) in [6.07, 6.45) is 4.97. The Balaban J connectivity index is 1.99. The molecule has 2 aromatic rings. The summed E-state index contributed by atoms with van der Waals surface area (Å²) in [7, 11) is 3.35. The van der Waals surface area contributed by atoms with Gasteiger partial charge in [-0.05, 0) is 82.4 Å². The molecule has 1 amide bonds. The first-order valence-corrected chi connectivity index (χ1v) is 18.7. The number of hydrogen-bond donors (Lipinski definition) is 3. The summed E-state index contributed by atoms with van der Waals surface area (Å²) >= 11 is 0. The Morgan fingerprint density at radius 3 is 2.18 bits per heavy atom. The molecular weight excluding hydrogens is 630 g/mol. The van der Waals surface area contributed by atoms with E-state index in [1.165, 1.54) is 5.56 Å². The van der Waals surface area contributed by atoms with E-state index in [2.05, 4.69) is 102 Å². The fraction of sp³-hybridized carbons (Fsp3) is 0.769. The molecule has 1 aromatic carbocycles. The number of methoxy groups -OCH3 is 2. The third kappa shape index (κ3) is 14.5. The van der Waals surface area contributed by atoms with Gasteiger partial charge in [-0.15, -0.1) is 5.10 Å². The zero-order valence-electron chi connectivity index (χ0n) is 33.4. The van der Waals surface area contributed by atoms with Crippen molar-refractivity contribution in [1.82, 2.24) is 25.2 Å². The highest BCUT2D eigenvalue weighted by Gasteiger charge is 2.30. The molecule has 0 spiro atoms. The molecule has 11 nitrogen and oxygen atoms in total. The molecule has 0 saturated carbocycles. The number of rotatable bonds is 24. The number of hydrogen-bond acceptors (Lipinski definition) is 9. The molecule has 5 N–H and O–H groups in total. The van der Waals surface area contributed by atoms with E-state index in [4.69, 9.17) is 25.7 Å². The number of benzene rings is 1. The van der Waals surface area contributed by atoms with Gasteiger partial charge in [-0.2, -0.15) is 0 Å². The normalized spacial score (nSPS) is 14.9. The zero-order chi connectivity index (χ0) is 37.6. The lowest BCUT2D eigenvalue weighted by atomic mass is 9.80. The van der Waals surface area contributed by atoms with Gasteiger partial charge in [-0.3, -0.25) is 14.4 Å². The van der Waals surface area contributed by atoms with Crippen LogP contribution in [0.4, 0.5) is 0 Å². The van der Waals surface area contributed by atoms with Crippen LogP contribution in [-0.4, -0.2) is 83.9 Å². The number of aromatic nitrogens is 3. The number of nitrogens with zero attached hydrogens (tertiary/aromatic N) is 4. The summed E-state index contributed by atoms with van der Waals surface area (Å²) in [5, 5.41) is 12.1. The molecule has 0 fully saturated rings. The molecule has 286 valence electrons. The predicted octanol–water partition coefficient (Wildman–Crippen LogP) is 5.69. The van der Waals surface area contributed by atoms with Crippen molar-refractivity contribution in [3.63, 3.8) is 0 Å². The van der Waals surface area contributed by atoms with Gasteiger partial charge in [-0.25, -0.2) is 0 Å². The minimum atomic E-state index is -0.303. The van der Waals surface area contributed by atoms with Crippen LogP contribution in [0.1, 0.15) is 99.8 Å². The van der Waals surface area contributed by atoms with Crippen molar-refractivity contribution in [3.8, 4) is 11.5 Å². The Labute approximate surface area is 303 Å². The number of ether oxygens (including phenoxy) is 3. The Morgan fingerprint density at radius 1 is 0.940 bits per heavy atom. The number of nitrogens with two attached hydrogens (primary N) is 2. The second kappa shape index (κ2) is 21.0. The molecule has 1 heterocycles. The molecule has 0 saturated heterocycles. The number of nitrogens with one attached hydrogen (secondary N) is 1. The summed E-state index contributed by atoms with van der Waals surface area (Å²) in [4.78, 5) is 16.0. The lowest BCUT2D eigenvalue weighted by Crippen LogP contribution is -2.48. The Kier molecular flexibility index (Phi) is 18.2. The van der Waals surface area contributed by atoms with E-state index in [0.29, 0.717) is 56.6 Å². The van der Waals surface area contributed by atoms with Gasteiger partial charge in [0.2, 0.25) is 5.91 Å². The average Bonchev–Trinajstić information content (AvgIpc) is 3.48. The molecular formula is C39H71N7O4. The van der Waals surface area contributed by atoms with E-state index >= 15 is 0 Å². The van der Waals surface area contributed by atoms with E-state index in [0.717, 1.165) is 43.0 Å². The van der Waals surface area contributed by atoms with Crippen LogP contribution in [0, 0.1) is 29.1 Å². The van der Waals surface area contributed by atoms with Gasteiger partial charge in [0, 0.05) is 81.5 Å². The molecule has 0 unspecified atom stereocenters. The highest BCUT2D eigenvalue weighted by molar-refractivity contribution is 5.79. The first kappa shape index (κ1) is 43.4. The lowest BCUT2D eigenvalue weighted by Gasteiger charge is -2.31. The summed E-state index contributed by atoms with van der Waals surface area (Å²) in [6, 6.07) is 6.44. The molecule has 0 radical (unpaired) electrons. The first-order valence-electron chi connectivity index (χ1n) is 18.7. The summed E-state index contributed by atoms with van der Waals surface area (Å²) in [5.74, 6) is 2.09. The highest BCUT2D eigenvalue weighted by Crippen LogP contribution is 2.32. The average molecular weight is 702 g/mol. The second-order valence-electron chi connectivity index (χ2n) is 16.2. The Hall–Kier alpha value is -2.73. The van der Waals surface area contributed by atoms with Crippen molar-refractivity contribution in [3.05, 3.63) is 35.7 Å². The third-order valence-corrected chi connectivity index (χ3v) is 9.80. The van der Waals surface area contributed by atoms with Gasteiger partial charge in [0.25, 0.3) is 0 Å². The fourth-order valence-corrected chi connectivity index (χ4v) is 6.50. The van der Waals surface area contributed by atoms with Gasteiger partial charge in [-0.1, -0.05) is 52.8 Å². The maximum absolute atomic E-state index is 13.6. The minimum absolute atomic E-state index is 0.0242. The summed E-state index contributed by atoms with van der Waals surface area (Å²) < 4.78 is 18.6. The molecule has 0 bridgehead atoms. The third-order valence-electron chi connectivity index (χ3n) is 9.80. The van der Waals surface area contributed by atoms with Crippen LogP contribution in [0.2, 0.25) is 0 Å². The minimum Gasteiger partial charge on any atom is -0.493 e. The number of amides is 1. The lowest BCUT2D eigenvalue weighted by molar-refractivity contribution is -0.127. The van der Waals surface area contributed by atoms with Crippen LogP contribution in [0.15, 0.2) is 24.4 Å². The number of carbonyl (C=O) groups excluding carboxylic acids is 1. The molecule has 0 aliphatic heterocycles. The maximum atomic E-state index is 13.6. The quantitative estimate of drug-likeness (QED) is 0.118. The SMILES string of the molecule is COCCCOc1cc(C[C@@H](C[C@H](N)[C@@H](N)C[C@H](C(=O)NCC(C)(C)Cn2cc(CN(C(C)C)C(C)C)nn2)C(C)C)C(C)C)ccc1OC. The van der Waals surface area contributed by atoms with Crippen molar-refractivity contribution < 1.29 is 19.0 Å². The van der Waals surface area contributed by atoms with E-state index in [1.54, 1.807) is 14.2 Å². The van der Waals surface area contributed by atoms with Gasteiger partial charge in [0.15, 0.2) is 11.5 Å². The van der Waals surface area contributed by atoms with Crippen LogP contribution in [0.25, 0.3) is 0 Å². The summed E-state index contributed by atoms with van der Waals surface area (Å²) in [5.41, 5.74) is 15.4. The topological polar surface area (TPSA) is 143 Å². The van der Waals surface area contributed by atoms with Gasteiger partial charge < -0.3 is 31.0 Å². The fourth-order valence-electron chi connectivity index (χ4n) is 6.50. The van der Waals surface area contributed by atoms with E-state index in [9.17, 15) is 4.79 Å². The molecule has 11 heteroatoms. The predicted molar refractivity (Wildman–Crippen MR) is 203 cm³/mol. The monoisotopic (exact) mass is 702 g/mol. The van der Waals surface area contributed by atoms with Crippen molar-refractivity contribution in [2.75, 3.05) is 34.0 Å². The molecule has 0 aliphatic rings. The van der Waals surface area contributed by atoms with E-state index in [1.807, 2.05) is 16.9 Å². The van der Waals surface area contributed by atoms with Crippen molar-refractivity contribution in [2.24, 2.45) is 40.6 Å². The van der Waals surface area contributed by atoms with Crippen LogP contribution in [-0.2, 0) is 29.0 Å². The van der Waals surface area contributed by atoms with Crippen molar-refractivity contribution in [1.29, 1.82) is 0 Å². The first-order chi connectivity index (χ1) is 23.5. The highest BCUT2D eigenvalue weighted by atomic mass is 16.5.